The van der Waals surface area contributed by atoms with Crippen LogP contribution in [0.3, 0.4) is 0 Å². The lowest BCUT2D eigenvalue weighted by Crippen LogP contribution is -2.23. The molecule has 2 heterocycles. The Kier molecular flexibility index (Phi) is 4.28. The molecule has 0 radical (unpaired) electrons. The quantitative estimate of drug-likeness (QED) is 0.854. The predicted octanol–water partition coefficient (Wildman–Crippen LogP) is 2.16. The molecule has 0 saturated heterocycles. The number of hydrogen-bond acceptors (Lipinski definition) is 4. The molecule has 1 atom stereocenters. The Morgan fingerprint density at radius 3 is 3.00 bits per heavy atom. The summed E-state index contributed by atoms with van der Waals surface area (Å²) >= 11 is 1.74. The topological polar surface area (TPSA) is 42.7 Å². The average Bonchev–Trinajstić information content (AvgIpc) is 2.95. The third-order valence-electron chi connectivity index (χ3n) is 2.65. The van der Waals surface area contributed by atoms with Crippen LogP contribution in [0.2, 0.25) is 0 Å². The Hall–Kier alpha value is -1.20. The van der Waals surface area contributed by atoms with Crippen molar-refractivity contribution in [1.29, 1.82) is 0 Å². The van der Waals surface area contributed by atoms with Crippen molar-refractivity contribution in [2.75, 3.05) is 6.54 Å². The van der Waals surface area contributed by atoms with E-state index in [-0.39, 0.29) is 0 Å². The number of nitrogens with zero attached hydrogens (tertiary/aromatic N) is 3. The Labute approximate surface area is 106 Å². The first-order chi connectivity index (χ1) is 8.29. The fourth-order valence-electron chi connectivity index (χ4n) is 1.80. The molecule has 4 nitrogen and oxygen atoms in total. The largest absolute Gasteiger partial charge is 0.310 e. The molecule has 1 unspecified atom stereocenters. The van der Waals surface area contributed by atoms with Crippen molar-refractivity contribution in [1.82, 2.24) is 20.3 Å². The summed E-state index contributed by atoms with van der Waals surface area (Å²) in [5.74, 6) is 0. The van der Waals surface area contributed by atoms with Gasteiger partial charge in [0.25, 0.3) is 0 Å². The second-order valence-corrected chi connectivity index (χ2v) is 4.93. The summed E-state index contributed by atoms with van der Waals surface area (Å²) in [6.07, 6.45) is 4.01. The molecular weight excluding hydrogens is 232 g/mol. The second-order valence-electron chi connectivity index (χ2n) is 4.15. The van der Waals surface area contributed by atoms with Crippen molar-refractivity contribution < 1.29 is 0 Å². The zero-order valence-corrected chi connectivity index (χ0v) is 11.1. The molecule has 2 rings (SSSR count). The van der Waals surface area contributed by atoms with Gasteiger partial charge in [0.2, 0.25) is 0 Å². The van der Waals surface area contributed by atoms with Crippen LogP contribution in [0.1, 0.15) is 30.6 Å². The van der Waals surface area contributed by atoms with Crippen LogP contribution in [0.5, 0.6) is 0 Å². The van der Waals surface area contributed by atoms with Gasteiger partial charge in [0.05, 0.1) is 5.69 Å². The molecule has 0 aliphatic rings. The highest BCUT2D eigenvalue weighted by Crippen LogP contribution is 2.19. The SMILES string of the molecule is CCCNC(Cc1cn(C)nn1)c1ccsc1. The van der Waals surface area contributed by atoms with Gasteiger partial charge in [-0.25, -0.2) is 0 Å². The lowest BCUT2D eigenvalue weighted by atomic mass is 10.1. The minimum Gasteiger partial charge on any atom is -0.310 e. The van der Waals surface area contributed by atoms with Crippen LogP contribution in [0.4, 0.5) is 0 Å². The molecule has 1 N–H and O–H groups in total. The third-order valence-corrected chi connectivity index (χ3v) is 3.35. The minimum atomic E-state index is 0.345. The summed E-state index contributed by atoms with van der Waals surface area (Å²) in [5, 5.41) is 16.0. The fraction of sp³-hybridized carbons (Fsp3) is 0.500. The molecule has 2 aromatic rings. The minimum absolute atomic E-state index is 0.345. The second kappa shape index (κ2) is 5.93. The van der Waals surface area contributed by atoms with Crippen LogP contribution in [-0.2, 0) is 13.5 Å². The Morgan fingerprint density at radius 2 is 2.41 bits per heavy atom. The van der Waals surface area contributed by atoms with Gasteiger partial charge >= 0.3 is 0 Å². The van der Waals surface area contributed by atoms with Crippen LogP contribution < -0.4 is 5.32 Å². The predicted molar refractivity (Wildman–Crippen MR) is 70.1 cm³/mol. The van der Waals surface area contributed by atoms with Gasteiger partial charge in [-0.1, -0.05) is 12.1 Å². The van der Waals surface area contributed by atoms with Gasteiger partial charge in [-0.3, -0.25) is 4.68 Å². The monoisotopic (exact) mass is 250 g/mol. The van der Waals surface area contributed by atoms with Crippen LogP contribution in [0, 0.1) is 0 Å². The van der Waals surface area contributed by atoms with Gasteiger partial charge in [-0.2, -0.15) is 11.3 Å². The van der Waals surface area contributed by atoms with Crippen molar-refractivity contribution in [3.63, 3.8) is 0 Å². The van der Waals surface area contributed by atoms with E-state index in [2.05, 4.69) is 39.4 Å². The standard InChI is InChI=1S/C12H18N4S/c1-3-5-13-12(10-4-6-17-9-10)7-11-8-16(2)15-14-11/h4,6,8-9,12-13H,3,5,7H2,1-2H3. The summed E-state index contributed by atoms with van der Waals surface area (Å²) in [7, 11) is 1.90. The molecule has 2 aromatic heterocycles. The molecule has 92 valence electrons. The lowest BCUT2D eigenvalue weighted by molar-refractivity contribution is 0.525. The van der Waals surface area contributed by atoms with Crippen LogP contribution in [0.25, 0.3) is 0 Å². The highest BCUT2D eigenvalue weighted by Gasteiger charge is 2.13. The van der Waals surface area contributed by atoms with Gasteiger partial charge in [-0.05, 0) is 35.4 Å². The van der Waals surface area contributed by atoms with Crippen LogP contribution in [-0.4, -0.2) is 21.5 Å². The number of rotatable bonds is 6. The maximum absolute atomic E-state index is 4.15. The Morgan fingerprint density at radius 1 is 1.53 bits per heavy atom. The first-order valence-electron chi connectivity index (χ1n) is 5.90. The number of aromatic nitrogens is 3. The van der Waals surface area contributed by atoms with E-state index >= 15 is 0 Å². The third kappa shape index (κ3) is 3.38. The zero-order chi connectivity index (χ0) is 12.1. The van der Waals surface area contributed by atoms with Gasteiger partial charge in [0.1, 0.15) is 0 Å². The first kappa shape index (κ1) is 12.3. The summed E-state index contributed by atoms with van der Waals surface area (Å²) in [6, 6.07) is 2.52. The number of hydrogen-bond donors (Lipinski definition) is 1. The molecule has 0 aliphatic carbocycles. The van der Waals surface area contributed by atoms with Gasteiger partial charge in [-0.15, -0.1) is 5.10 Å². The highest BCUT2D eigenvalue weighted by atomic mass is 32.1. The Balaban J connectivity index is 2.05. The molecule has 0 saturated carbocycles. The average molecular weight is 250 g/mol. The van der Waals surface area contributed by atoms with Crippen molar-refractivity contribution in [2.24, 2.45) is 7.05 Å². The smallest absolute Gasteiger partial charge is 0.0845 e. The molecule has 5 heteroatoms. The number of aryl methyl sites for hydroxylation is 1. The van der Waals surface area contributed by atoms with Crippen molar-refractivity contribution >= 4 is 11.3 Å². The van der Waals surface area contributed by atoms with Gasteiger partial charge < -0.3 is 5.32 Å². The van der Waals surface area contributed by atoms with Gasteiger partial charge in [0.15, 0.2) is 0 Å². The van der Waals surface area contributed by atoms with E-state index in [0.717, 1.165) is 25.1 Å². The van der Waals surface area contributed by atoms with Crippen molar-refractivity contribution in [3.05, 3.63) is 34.3 Å². The van der Waals surface area contributed by atoms with E-state index in [1.165, 1.54) is 5.56 Å². The Bertz CT molecular complexity index is 435. The maximum atomic E-state index is 4.15. The van der Waals surface area contributed by atoms with E-state index in [0.29, 0.717) is 6.04 Å². The summed E-state index contributed by atoms with van der Waals surface area (Å²) in [6.45, 7) is 3.21. The summed E-state index contributed by atoms with van der Waals surface area (Å²) in [5.41, 5.74) is 2.38. The first-order valence-corrected chi connectivity index (χ1v) is 6.84. The molecule has 0 amide bonds. The number of thiophene rings is 1. The van der Waals surface area contributed by atoms with E-state index in [1.54, 1.807) is 16.0 Å². The molecule has 0 bridgehead atoms. The summed E-state index contributed by atoms with van der Waals surface area (Å²) in [4.78, 5) is 0. The summed E-state index contributed by atoms with van der Waals surface area (Å²) < 4.78 is 1.75. The maximum Gasteiger partial charge on any atom is 0.0845 e. The lowest BCUT2D eigenvalue weighted by Gasteiger charge is -2.16. The van der Waals surface area contributed by atoms with E-state index < -0.39 is 0 Å². The molecular formula is C12H18N4S. The number of nitrogens with one attached hydrogen (secondary N) is 1. The molecule has 0 spiro atoms. The molecule has 0 fully saturated rings. The highest BCUT2D eigenvalue weighted by molar-refractivity contribution is 7.07. The van der Waals surface area contributed by atoms with E-state index in [4.69, 9.17) is 0 Å². The van der Waals surface area contributed by atoms with Crippen molar-refractivity contribution in [2.45, 2.75) is 25.8 Å². The normalized spacial score (nSPS) is 12.8. The van der Waals surface area contributed by atoms with E-state index in [1.807, 2.05) is 13.2 Å². The molecule has 0 aromatic carbocycles. The van der Waals surface area contributed by atoms with Gasteiger partial charge in [0, 0.05) is 25.7 Å². The molecule has 17 heavy (non-hydrogen) atoms. The van der Waals surface area contributed by atoms with E-state index in [9.17, 15) is 0 Å². The zero-order valence-electron chi connectivity index (χ0n) is 10.3. The van der Waals surface area contributed by atoms with Crippen LogP contribution >= 0.6 is 11.3 Å². The molecule has 0 aliphatic heterocycles. The van der Waals surface area contributed by atoms with Crippen molar-refractivity contribution in [3.8, 4) is 0 Å². The van der Waals surface area contributed by atoms with Crippen LogP contribution in [0.15, 0.2) is 23.0 Å². The fourth-order valence-corrected chi connectivity index (χ4v) is 2.51.